The number of rotatable bonds is 5. The second-order valence-electron chi connectivity index (χ2n) is 4.50. The van der Waals surface area contributed by atoms with Crippen LogP contribution in [-0.4, -0.2) is 19.4 Å². The van der Waals surface area contributed by atoms with Crippen molar-refractivity contribution in [3.05, 3.63) is 29.8 Å². The summed E-state index contributed by atoms with van der Waals surface area (Å²) < 4.78 is 29.3. The smallest absolute Gasteiger partial charge is 0.260 e. The molecule has 1 aromatic carbocycles. The van der Waals surface area contributed by atoms with Crippen LogP contribution in [0.3, 0.4) is 0 Å². The van der Waals surface area contributed by atoms with Crippen molar-refractivity contribution in [2.24, 2.45) is 5.92 Å². The van der Waals surface area contributed by atoms with Gasteiger partial charge in [-0.05, 0) is 37.8 Å². The van der Waals surface area contributed by atoms with Crippen LogP contribution in [0.2, 0.25) is 0 Å². The van der Waals surface area contributed by atoms with Gasteiger partial charge in [-0.1, -0.05) is 17.7 Å². The predicted molar refractivity (Wildman–Crippen MR) is 71.5 cm³/mol. The summed E-state index contributed by atoms with van der Waals surface area (Å²) in [4.78, 5) is -0.703. The van der Waals surface area contributed by atoms with Crippen LogP contribution in [0.1, 0.15) is 18.4 Å². The Labute approximate surface area is 117 Å². The number of alkyl halides is 2. The molecule has 1 unspecified atom stereocenters. The van der Waals surface area contributed by atoms with Crippen LogP contribution in [0.15, 0.2) is 29.2 Å². The Bertz CT molecular complexity index is 505. The monoisotopic (exact) mass is 308 g/mol. The van der Waals surface area contributed by atoms with E-state index in [4.69, 9.17) is 27.4 Å². The maximum atomic E-state index is 12.1. The molecule has 0 aliphatic heterocycles. The standard InChI is InChI=1S/C12H14Cl2O3S/c1-8-2-6-10(7-3-8)18(15,16)17-11(12(13)14)9-4-5-9/h2-3,6-7,9,11-12H,4-5H2,1H3. The summed E-state index contributed by atoms with van der Waals surface area (Å²) in [6.45, 7) is 1.89. The summed E-state index contributed by atoms with van der Waals surface area (Å²) in [5.74, 6) is 0.144. The molecule has 1 aromatic rings. The Balaban J connectivity index is 2.17. The average Bonchev–Trinajstić information content (AvgIpc) is 3.10. The first-order valence-corrected chi connectivity index (χ1v) is 7.96. The number of hydrogen-bond donors (Lipinski definition) is 0. The molecule has 1 fully saturated rings. The van der Waals surface area contributed by atoms with Gasteiger partial charge < -0.3 is 0 Å². The molecule has 3 nitrogen and oxygen atoms in total. The number of benzene rings is 1. The third kappa shape index (κ3) is 3.38. The van der Waals surface area contributed by atoms with E-state index in [0.717, 1.165) is 18.4 Å². The van der Waals surface area contributed by atoms with E-state index in [9.17, 15) is 8.42 Å². The van der Waals surface area contributed by atoms with E-state index in [1.807, 2.05) is 6.92 Å². The lowest BCUT2D eigenvalue weighted by molar-refractivity contribution is 0.199. The van der Waals surface area contributed by atoms with Crippen LogP contribution >= 0.6 is 23.2 Å². The van der Waals surface area contributed by atoms with Gasteiger partial charge in [0.1, 0.15) is 10.9 Å². The Kier molecular flexibility index (Phi) is 4.22. The highest BCUT2D eigenvalue weighted by Crippen LogP contribution is 2.39. The van der Waals surface area contributed by atoms with Crippen LogP contribution < -0.4 is 0 Å². The van der Waals surface area contributed by atoms with Crippen molar-refractivity contribution < 1.29 is 12.6 Å². The lowest BCUT2D eigenvalue weighted by Gasteiger charge is -2.17. The van der Waals surface area contributed by atoms with Crippen molar-refractivity contribution >= 4 is 33.3 Å². The Hall–Kier alpha value is -0.290. The predicted octanol–water partition coefficient (Wildman–Crippen LogP) is 3.28. The number of halogens is 2. The van der Waals surface area contributed by atoms with Crippen molar-refractivity contribution in [1.82, 2.24) is 0 Å². The molecule has 0 radical (unpaired) electrons. The minimum atomic E-state index is -3.80. The molecule has 0 saturated heterocycles. The average molecular weight is 309 g/mol. The normalized spacial score (nSPS) is 18.0. The van der Waals surface area contributed by atoms with E-state index in [0.29, 0.717) is 0 Å². The third-order valence-electron chi connectivity index (χ3n) is 2.88. The van der Waals surface area contributed by atoms with Gasteiger partial charge in [-0.3, -0.25) is 4.18 Å². The maximum Gasteiger partial charge on any atom is 0.297 e. The summed E-state index contributed by atoms with van der Waals surface area (Å²) >= 11 is 11.5. The van der Waals surface area contributed by atoms with Crippen LogP contribution in [0.4, 0.5) is 0 Å². The largest absolute Gasteiger partial charge is 0.297 e. The van der Waals surface area contributed by atoms with E-state index in [-0.39, 0.29) is 10.8 Å². The Morgan fingerprint density at radius 1 is 1.22 bits per heavy atom. The molecule has 0 spiro atoms. The summed E-state index contributed by atoms with van der Waals surface area (Å²) in [7, 11) is -3.80. The quantitative estimate of drug-likeness (QED) is 0.619. The second-order valence-corrected chi connectivity index (χ2v) is 7.24. The summed E-state index contributed by atoms with van der Waals surface area (Å²) in [6, 6.07) is 6.49. The lowest BCUT2D eigenvalue weighted by atomic mass is 10.2. The van der Waals surface area contributed by atoms with Crippen LogP contribution in [0.25, 0.3) is 0 Å². The molecule has 1 saturated carbocycles. The molecular formula is C12H14Cl2O3S. The third-order valence-corrected chi connectivity index (χ3v) is 4.70. The first-order chi connectivity index (χ1) is 8.40. The molecule has 2 rings (SSSR count). The van der Waals surface area contributed by atoms with Crippen molar-refractivity contribution in [3.8, 4) is 0 Å². The lowest BCUT2D eigenvalue weighted by Crippen LogP contribution is -2.26. The summed E-state index contributed by atoms with van der Waals surface area (Å²) in [5, 5.41) is 0. The van der Waals surface area contributed by atoms with Gasteiger partial charge >= 0.3 is 0 Å². The second kappa shape index (κ2) is 5.37. The van der Waals surface area contributed by atoms with Gasteiger partial charge in [0.05, 0.1) is 4.90 Å². The molecule has 0 heterocycles. The van der Waals surface area contributed by atoms with Crippen molar-refractivity contribution in [1.29, 1.82) is 0 Å². The molecule has 18 heavy (non-hydrogen) atoms. The number of aryl methyl sites for hydroxylation is 1. The minimum Gasteiger partial charge on any atom is -0.260 e. The first-order valence-electron chi connectivity index (χ1n) is 5.68. The van der Waals surface area contributed by atoms with Crippen molar-refractivity contribution in [3.63, 3.8) is 0 Å². The van der Waals surface area contributed by atoms with Gasteiger partial charge in [-0.2, -0.15) is 8.42 Å². The fourth-order valence-corrected chi connectivity index (χ4v) is 3.44. The molecule has 1 aliphatic rings. The molecule has 0 amide bonds. The molecule has 6 heteroatoms. The zero-order valence-electron chi connectivity index (χ0n) is 9.84. The highest BCUT2D eigenvalue weighted by molar-refractivity contribution is 7.86. The molecule has 1 aliphatic carbocycles. The minimum absolute atomic E-state index is 0.132. The van der Waals surface area contributed by atoms with Crippen LogP contribution in [0.5, 0.6) is 0 Å². The van der Waals surface area contributed by atoms with Gasteiger partial charge in [-0.25, -0.2) is 0 Å². The van der Waals surface area contributed by atoms with Gasteiger partial charge in [-0.15, -0.1) is 23.2 Å². The van der Waals surface area contributed by atoms with Gasteiger partial charge in [0.2, 0.25) is 0 Å². The highest BCUT2D eigenvalue weighted by Gasteiger charge is 2.39. The molecule has 0 N–H and O–H groups in total. The SMILES string of the molecule is Cc1ccc(S(=O)(=O)OC(C(Cl)Cl)C2CC2)cc1. The number of hydrogen-bond acceptors (Lipinski definition) is 3. The fourth-order valence-electron chi connectivity index (χ4n) is 1.66. The Morgan fingerprint density at radius 2 is 1.78 bits per heavy atom. The van der Waals surface area contributed by atoms with E-state index in [2.05, 4.69) is 0 Å². The van der Waals surface area contributed by atoms with Crippen molar-refractivity contribution in [2.45, 2.75) is 35.6 Å². The molecule has 0 aromatic heterocycles. The zero-order chi connectivity index (χ0) is 13.3. The van der Waals surface area contributed by atoms with Crippen LogP contribution in [0, 0.1) is 12.8 Å². The van der Waals surface area contributed by atoms with E-state index < -0.39 is 21.1 Å². The summed E-state index contributed by atoms with van der Waals surface area (Å²) in [6.07, 6.45) is 1.16. The first kappa shape index (κ1) is 14.1. The summed E-state index contributed by atoms with van der Waals surface area (Å²) in [5.41, 5.74) is 0.986. The van der Waals surface area contributed by atoms with Gasteiger partial charge in [0.15, 0.2) is 0 Å². The van der Waals surface area contributed by atoms with Crippen LogP contribution in [-0.2, 0) is 14.3 Å². The maximum absolute atomic E-state index is 12.1. The molecular weight excluding hydrogens is 295 g/mol. The van der Waals surface area contributed by atoms with Crippen molar-refractivity contribution in [2.75, 3.05) is 0 Å². The van der Waals surface area contributed by atoms with Gasteiger partial charge in [0, 0.05) is 0 Å². The molecule has 0 bridgehead atoms. The highest BCUT2D eigenvalue weighted by atomic mass is 35.5. The van der Waals surface area contributed by atoms with Gasteiger partial charge in [0.25, 0.3) is 10.1 Å². The molecule has 100 valence electrons. The topological polar surface area (TPSA) is 43.4 Å². The zero-order valence-corrected chi connectivity index (χ0v) is 12.2. The van der Waals surface area contributed by atoms with E-state index >= 15 is 0 Å². The fraction of sp³-hybridized carbons (Fsp3) is 0.500. The van der Waals surface area contributed by atoms with E-state index in [1.165, 1.54) is 12.1 Å². The van der Waals surface area contributed by atoms with E-state index in [1.54, 1.807) is 12.1 Å². The molecule has 1 atom stereocenters. The Morgan fingerprint density at radius 3 is 2.22 bits per heavy atom.